The molecule has 132 valence electrons. The summed E-state index contributed by atoms with van der Waals surface area (Å²) in [5, 5.41) is 7.16. The molecule has 0 radical (unpaired) electrons. The van der Waals surface area contributed by atoms with Crippen LogP contribution in [0.1, 0.15) is 43.0 Å². The summed E-state index contributed by atoms with van der Waals surface area (Å²) in [6.07, 6.45) is 5.55. The second-order valence-electron chi connectivity index (χ2n) is 6.54. The Morgan fingerprint density at radius 3 is 2.80 bits per heavy atom. The number of benzene rings is 1. The lowest BCUT2D eigenvalue weighted by Crippen LogP contribution is -2.31. The summed E-state index contributed by atoms with van der Waals surface area (Å²) in [5.74, 6) is 0.709. The number of aromatic nitrogens is 1. The van der Waals surface area contributed by atoms with Crippen LogP contribution in [0.15, 0.2) is 48.7 Å². The third-order valence-corrected chi connectivity index (χ3v) is 4.94. The van der Waals surface area contributed by atoms with Gasteiger partial charge >= 0.3 is 0 Å². The summed E-state index contributed by atoms with van der Waals surface area (Å²) in [6.45, 7) is 2.12. The van der Waals surface area contributed by atoms with Crippen molar-refractivity contribution < 1.29 is 4.79 Å². The van der Waals surface area contributed by atoms with Gasteiger partial charge in [-0.3, -0.25) is 9.78 Å². The van der Waals surface area contributed by atoms with Gasteiger partial charge in [-0.2, -0.15) is 0 Å². The largest absolute Gasteiger partial charge is 0.344 e. The van der Waals surface area contributed by atoms with Crippen LogP contribution in [-0.2, 0) is 4.79 Å². The Hall–Kier alpha value is -1.91. The predicted octanol–water partition coefficient (Wildman–Crippen LogP) is 3.72. The zero-order valence-corrected chi connectivity index (χ0v) is 15.0. The summed E-state index contributed by atoms with van der Waals surface area (Å²) < 4.78 is 0. The fourth-order valence-corrected chi connectivity index (χ4v) is 3.50. The molecule has 3 rings (SSSR count). The molecule has 2 N–H and O–H groups in total. The first-order valence-corrected chi connectivity index (χ1v) is 9.26. The molecule has 1 fully saturated rings. The van der Waals surface area contributed by atoms with E-state index >= 15 is 0 Å². The fraction of sp³-hybridized carbons (Fsp3) is 0.400. The summed E-state index contributed by atoms with van der Waals surface area (Å²) in [4.78, 5) is 17.0. The summed E-state index contributed by atoms with van der Waals surface area (Å²) >= 11 is 6.14. The van der Waals surface area contributed by atoms with Gasteiger partial charge in [0, 0.05) is 17.6 Å². The molecule has 0 aliphatic carbocycles. The third-order valence-electron chi connectivity index (χ3n) is 4.71. The van der Waals surface area contributed by atoms with E-state index in [1.165, 1.54) is 0 Å². The molecular formula is C20H24ClN3O. The maximum absolute atomic E-state index is 12.5. The van der Waals surface area contributed by atoms with Crippen LogP contribution in [0.25, 0.3) is 0 Å². The maximum atomic E-state index is 12.5. The van der Waals surface area contributed by atoms with Crippen LogP contribution in [0.3, 0.4) is 0 Å². The van der Waals surface area contributed by atoms with Crippen molar-refractivity contribution in [3.05, 3.63) is 64.9 Å². The van der Waals surface area contributed by atoms with Crippen LogP contribution in [-0.4, -0.2) is 24.0 Å². The maximum Gasteiger partial charge on any atom is 0.220 e. The molecule has 0 spiro atoms. The van der Waals surface area contributed by atoms with E-state index in [-0.39, 0.29) is 11.9 Å². The monoisotopic (exact) mass is 357 g/mol. The Labute approximate surface area is 154 Å². The minimum atomic E-state index is -0.277. The van der Waals surface area contributed by atoms with Gasteiger partial charge in [-0.1, -0.05) is 29.8 Å². The van der Waals surface area contributed by atoms with Crippen molar-refractivity contribution in [1.82, 2.24) is 15.6 Å². The highest BCUT2D eigenvalue weighted by Crippen LogP contribution is 2.24. The van der Waals surface area contributed by atoms with Crippen molar-refractivity contribution in [2.24, 2.45) is 5.92 Å². The number of hydrogen-bond donors (Lipinski definition) is 2. The topological polar surface area (TPSA) is 54.0 Å². The van der Waals surface area contributed by atoms with Crippen LogP contribution in [0.5, 0.6) is 0 Å². The molecule has 1 atom stereocenters. The van der Waals surface area contributed by atoms with Gasteiger partial charge in [0.15, 0.2) is 0 Å². The number of amides is 1. The standard InChI is InChI=1S/C20H24ClN3O/c21-17-5-3-4-16(14-17)20(18-6-1-2-11-23-18)24-19(25)8-7-15-9-12-22-13-10-15/h1-6,11,14-15,20,22H,7-10,12-13H2,(H,24,25). The van der Waals surface area contributed by atoms with E-state index in [4.69, 9.17) is 11.6 Å². The SMILES string of the molecule is O=C(CCC1CCNCC1)NC(c1cccc(Cl)c1)c1ccccn1. The van der Waals surface area contributed by atoms with Crippen molar-refractivity contribution >= 4 is 17.5 Å². The van der Waals surface area contributed by atoms with E-state index in [9.17, 15) is 4.79 Å². The van der Waals surface area contributed by atoms with Gasteiger partial charge in [-0.15, -0.1) is 0 Å². The highest BCUT2D eigenvalue weighted by atomic mass is 35.5. The first kappa shape index (κ1) is 17.9. The molecule has 4 nitrogen and oxygen atoms in total. The van der Waals surface area contributed by atoms with E-state index in [1.807, 2.05) is 42.5 Å². The van der Waals surface area contributed by atoms with Gasteiger partial charge in [0.05, 0.1) is 11.7 Å². The normalized spacial score (nSPS) is 16.4. The molecule has 2 aromatic rings. The van der Waals surface area contributed by atoms with Gasteiger partial charge in [0.25, 0.3) is 0 Å². The van der Waals surface area contributed by atoms with E-state index in [0.717, 1.165) is 43.6 Å². The second kappa shape index (κ2) is 8.97. The number of pyridine rings is 1. The van der Waals surface area contributed by atoms with Crippen molar-refractivity contribution in [2.75, 3.05) is 13.1 Å². The van der Waals surface area contributed by atoms with Gasteiger partial charge in [-0.05, 0) is 68.1 Å². The molecule has 5 heteroatoms. The summed E-state index contributed by atoms with van der Waals surface area (Å²) in [7, 11) is 0. The molecule has 1 aliphatic rings. The number of halogens is 1. The summed E-state index contributed by atoms with van der Waals surface area (Å²) in [5.41, 5.74) is 1.77. The minimum absolute atomic E-state index is 0.0640. The Kier molecular flexibility index (Phi) is 6.42. The van der Waals surface area contributed by atoms with Crippen LogP contribution in [0.4, 0.5) is 0 Å². The molecule has 25 heavy (non-hydrogen) atoms. The lowest BCUT2D eigenvalue weighted by atomic mass is 9.93. The van der Waals surface area contributed by atoms with E-state index in [1.54, 1.807) is 6.20 Å². The average Bonchev–Trinajstić information content (AvgIpc) is 2.66. The molecule has 1 aliphatic heterocycles. The smallest absolute Gasteiger partial charge is 0.220 e. The zero-order valence-electron chi connectivity index (χ0n) is 14.2. The molecule has 0 bridgehead atoms. The zero-order chi connectivity index (χ0) is 17.5. The van der Waals surface area contributed by atoms with Crippen LogP contribution in [0.2, 0.25) is 5.02 Å². The number of carbonyl (C=O) groups excluding carboxylic acids is 1. The molecule has 0 saturated carbocycles. The van der Waals surface area contributed by atoms with Crippen LogP contribution < -0.4 is 10.6 Å². The number of carbonyl (C=O) groups is 1. The molecular weight excluding hydrogens is 334 g/mol. The lowest BCUT2D eigenvalue weighted by Gasteiger charge is -2.23. The molecule has 1 amide bonds. The highest BCUT2D eigenvalue weighted by molar-refractivity contribution is 6.30. The molecule has 1 saturated heterocycles. The minimum Gasteiger partial charge on any atom is -0.344 e. The number of nitrogens with zero attached hydrogens (tertiary/aromatic N) is 1. The Balaban J connectivity index is 1.68. The van der Waals surface area contributed by atoms with Gasteiger partial charge in [0.1, 0.15) is 0 Å². The van der Waals surface area contributed by atoms with E-state index < -0.39 is 0 Å². The Morgan fingerprint density at radius 2 is 2.08 bits per heavy atom. The van der Waals surface area contributed by atoms with Gasteiger partial charge < -0.3 is 10.6 Å². The number of hydrogen-bond acceptors (Lipinski definition) is 3. The van der Waals surface area contributed by atoms with Crippen molar-refractivity contribution in [3.8, 4) is 0 Å². The third kappa shape index (κ3) is 5.28. The second-order valence-corrected chi connectivity index (χ2v) is 6.98. The van der Waals surface area contributed by atoms with Crippen LogP contribution in [0, 0.1) is 5.92 Å². The highest BCUT2D eigenvalue weighted by Gasteiger charge is 2.20. The van der Waals surface area contributed by atoms with Crippen LogP contribution >= 0.6 is 11.6 Å². The Bertz CT molecular complexity index is 686. The quantitative estimate of drug-likeness (QED) is 0.828. The fourth-order valence-electron chi connectivity index (χ4n) is 3.30. The van der Waals surface area contributed by atoms with Gasteiger partial charge in [0.2, 0.25) is 5.91 Å². The lowest BCUT2D eigenvalue weighted by molar-refractivity contribution is -0.122. The number of nitrogens with one attached hydrogen (secondary N) is 2. The number of piperidine rings is 1. The van der Waals surface area contributed by atoms with Crippen molar-refractivity contribution in [2.45, 2.75) is 31.7 Å². The van der Waals surface area contributed by atoms with Crippen molar-refractivity contribution in [1.29, 1.82) is 0 Å². The van der Waals surface area contributed by atoms with E-state index in [0.29, 0.717) is 17.4 Å². The first-order valence-electron chi connectivity index (χ1n) is 8.89. The molecule has 2 heterocycles. The summed E-state index contributed by atoms with van der Waals surface area (Å²) in [6, 6.07) is 13.0. The molecule has 1 unspecified atom stereocenters. The Morgan fingerprint density at radius 1 is 1.24 bits per heavy atom. The predicted molar refractivity (Wildman–Crippen MR) is 101 cm³/mol. The first-order chi connectivity index (χ1) is 12.2. The van der Waals surface area contributed by atoms with E-state index in [2.05, 4.69) is 15.6 Å². The van der Waals surface area contributed by atoms with Crippen molar-refractivity contribution in [3.63, 3.8) is 0 Å². The molecule has 1 aromatic carbocycles. The number of rotatable bonds is 6. The van der Waals surface area contributed by atoms with Gasteiger partial charge in [-0.25, -0.2) is 0 Å². The average molecular weight is 358 g/mol. The molecule has 1 aromatic heterocycles.